The van der Waals surface area contributed by atoms with Crippen LogP contribution in [0.25, 0.3) is 93.2 Å². The maximum Gasteiger partial charge on any atom is 0.0546 e. The summed E-state index contributed by atoms with van der Waals surface area (Å²) in [6, 6.07) is 88.5. The highest BCUT2D eigenvalue weighted by Crippen LogP contribution is 2.45. The average molecular weight is 789 g/mol. The number of rotatable bonds is 7. The minimum atomic E-state index is 1.09. The Morgan fingerprint density at radius 2 is 0.839 bits per heavy atom. The van der Waals surface area contributed by atoms with E-state index in [1.807, 2.05) is 0 Å². The third-order valence-corrected chi connectivity index (χ3v) is 12.5. The quantitative estimate of drug-likeness (QED) is 0.146. The van der Waals surface area contributed by atoms with Gasteiger partial charge in [-0.1, -0.05) is 188 Å². The van der Waals surface area contributed by atoms with E-state index in [2.05, 4.69) is 252 Å². The Morgan fingerprint density at radius 3 is 1.58 bits per heavy atom. The predicted octanol–water partition coefficient (Wildman–Crippen LogP) is 16.7. The predicted molar refractivity (Wildman–Crippen MR) is 264 cm³/mol. The van der Waals surface area contributed by atoms with Crippen molar-refractivity contribution in [1.29, 1.82) is 0 Å². The Hall–Kier alpha value is -8.20. The molecule has 1 aromatic heterocycles. The molecule has 2 nitrogen and oxygen atoms in total. The van der Waals surface area contributed by atoms with Gasteiger partial charge in [0.05, 0.1) is 16.7 Å². The van der Waals surface area contributed by atoms with Gasteiger partial charge in [-0.3, -0.25) is 0 Å². The molecule has 2 heteroatoms. The van der Waals surface area contributed by atoms with Crippen LogP contribution in [0.1, 0.15) is 0 Å². The van der Waals surface area contributed by atoms with Crippen LogP contribution in [0.5, 0.6) is 0 Å². The molecule has 62 heavy (non-hydrogen) atoms. The van der Waals surface area contributed by atoms with E-state index >= 15 is 0 Å². The molecule has 0 N–H and O–H groups in total. The zero-order valence-corrected chi connectivity index (χ0v) is 34.0. The van der Waals surface area contributed by atoms with Crippen molar-refractivity contribution >= 4 is 71.2 Å². The van der Waals surface area contributed by atoms with Gasteiger partial charge in [-0.2, -0.15) is 0 Å². The third kappa shape index (κ3) is 5.96. The van der Waals surface area contributed by atoms with Gasteiger partial charge in [0, 0.05) is 33.2 Å². The van der Waals surface area contributed by atoms with Crippen molar-refractivity contribution in [2.75, 3.05) is 4.90 Å². The summed E-state index contributed by atoms with van der Waals surface area (Å²) in [6.07, 6.45) is 0. The molecule has 0 bridgehead atoms. The van der Waals surface area contributed by atoms with Crippen molar-refractivity contribution in [2.24, 2.45) is 0 Å². The number of anilines is 3. The Labute approximate surface area is 360 Å². The van der Waals surface area contributed by atoms with Crippen LogP contribution in [-0.2, 0) is 0 Å². The minimum Gasteiger partial charge on any atom is -0.310 e. The maximum absolute atomic E-state index is 2.44. The molecular weight excluding hydrogens is 749 g/mol. The molecule has 0 aliphatic rings. The molecule has 0 unspecified atom stereocenters. The first-order valence-corrected chi connectivity index (χ1v) is 21.3. The number of fused-ring (bicyclic) bond motifs is 7. The lowest BCUT2D eigenvalue weighted by Crippen LogP contribution is -2.11. The van der Waals surface area contributed by atoms with E-state index in [-0.39, 0.29) is 0 Å². The largest absolute Gasteiger partial charge is 0.310 e. The van der Waals surface area contributed by atoms with Gasteiger partial charge in [0.1, 0.15) is 0 Å². The second kappa shape index (κ2) is 14.8. The van der Waals surface area contributed by atoms with E-state index in [9.17, 15) is 0 Å². The molecule has 11 aromatic carbocycles. The van der Waals surface area contributed by atoms with Gasteiger partial charge in [-0.05, 0) is 115 Å². The van der Waals surface area contributed by atoms with Crippen molar-refractivity contribution in [1.82, 2.24) is 4.57 Å². The van der Waals surface area contributed by atoms with Crippen molar-refractivity contribution in [3.63, 3.8) is 0 Å². The lowest BCUT2D eigenvalue weighted by atomic mass is 9.91. The van der Waals surface area contributed by atoms with Crippen LogP contribution in [0.3, 0.4) is 0 Å². The van der Waals surface area contributed by atoms with Crippen LogP contribution in [0.15, 0.2) is 243 Å². The van der Waals surface area contributed by atoms with E-state index in [1.54, 1.807) is 0 Å². The van der Waals surface area contributed by atoms with Crippen molar-refractivity contribution in [2.45, 2.75) is 0 Å². The number of hydrogen-bond donors (Lipinski definition) is 0. The van der Waals surface area contributed by atoms with Crippen LogP contribution in [-0.4, -0.2) is 4.57 Å². The third-order valence-electron chi connectivity index (χ3n) is 12.5. The standard InChI is InChI=1S/C60H40N2/c1-2-16-42(17-3-1)51-30-14-19-43-20-15-31-52(60(43)51)45-22-13-23-48(39-45)61(59-40-46-18-4-5-25-50(46)53-26-6-7-27-54(53)59)47-36-34-41(35-37-47)44-21-12-24-49(38-44)62-57-32-10-8-28-55(57)56-29-9-11-33-58(56)62/h1-40H. The summed E-state index contributed by atoms with van der Waals surface area (Å²) in [5, 5.41) is 9.92. The summed E-state index contributed by atoms with van der Waals surface area (Å²) < 4.78 is 2.39. The summed E-state index contributed by atoms with van der Waals surface area (Å²) in [4.78, 5) is 2.44. The lowest BCUT2D eigenvalue weighted by Gasteiger charge is -2.28. The smallest absolute Gasteiger partial charge is 0.0546 e. The molecule has 0 fully saturated rings. The van der Waals surface area contributed by atoms with E-state index in [0.717, 1.165) is 28.3 Å². The van der Waals surface area contributed by atoms with E-state index in [4.69, 9.17) is 0 Å². The van der Waals surface area contributed by atoms with Gasteiger partial charge in [0.25, 0.3) is 0 Å². The molecule has 290 valence electrons. The van der Waals surface area contributed by atoms with Gasteiger partial charge in [-0.25, -0.2) is 0 Å². The lowest BCUT2D eigenvalue weighted by molar-refractivity contribution is 1.18. The van der Waals surface area contributed by atoms with Crippen LogP contribution >= 0.6 is 0 Å². The zero-order chi connectivity index (χ0) is 41.0. The SMILES string of the molecule is c1ccc(-c2cccc3cccc(-c4cccc(N(c5ccc(-c6cccc(-n7c8ccccc8c8ccccc87)c6)cc5)c5cc6ccccc6c6ccccc56)c4)c23)cc1. The Morgan fingerprint density at radius 1 is 0.290 bits per heavy atom. The van der Waals surface area contributed by atoms with Crippen LogP contribution in [0.4, 0.5) is 17.1 Å². The first-order valence-electron chi connectivity index (χ1n) is 21.3. The molecule has 0 amide bonds. The highest BCUT2D eigenvalue weighted by Gasteiger charge is 2.20. The fourth-order valence-corrected chi connectivity index (χ4v) is 9.73. The van der Waals surface area contributed by atoms with Crippen molar-refractivity contribution < 1.29 is 0 Å². The van der Waals surface area contributed by atoms with E-state index in [0.29, 0.717) is 0 Å². The molecule has 0 atom stereocenters. The molecule has 0 saturated carbocycles. The second-order valence-electron chi connectivity index (χ2n) is 16.1. The summed E-state index contributed by atoms with van der Waals surface area (Å²) in [7, 11) is 0. The molecule has 12 rings (SSSR count). The van der Waals surface area contributed by atoms with Gasteiger partial charge >= 0.3 is 0 Å². The van der Waals surface area contributed by atoms with Crippen LogP contribution in [0.2, 0.25) is 0 Å². The zero-order valence-electron chi connectivity index (χ0n) is 34.0. The van der Waals surface area contributed by atoms with Gasteiger partial charge in [0.15, 0.2) is 0 Å². The average Bonchev–Trinajstić information content (AvgIpc) is 3.69. The normalized spacial score (nSPS) is 11.5. The number of benzene rings is 11. The topological polar surface area (TPSA) is 8.17 Å². The monoisotopic (exact) mass is 788 g/mol. The summed E-state index contributed by atoms with van der Waals surface area (Å²) >= 11 is 0. The summed E-state index contributed by atoms with van der Waals surface area (Å²) in [6.45, 7) is 0. The van der Waals surface area contributed by atoms with Crippen LogP contribution in [0, 0.1) is 0 Å². The molecule has 12 aromatic rings. The van der Waals surface area contributed by atoms with E-state index < -0.39 is 0 Å². The molecule has 0 radical (unpaired) electrons. The molecule has 0 aliphatic heterocycles. The van der Waals surface area contributed by atoms with Gasteiger partial charge in [-0.15, -0.1) is 0 Å². The number of para-hydroxylation sites is 2. The molecular formula is C60H40N2. The van der Waals surface area contributed by atoms with Gasteiger partial charge in [0.2, 0.25) is 0 Å². The molecule has 0 saturated heterocycles. The molecule has 0 spiro atoms. The Bertz CT molecular complexity index is 3580. The number of aromatic nitrogens is 1. The molecule has 1 heterocycles. The summed E-state index contributed by atoms with van der Waals surface area (Å²) in [5.41, 5.74) is 14.1. The van der Waals surface area contributed by atoms with Gasteiger partial charge < -0.3 is 9.47 Å². The fraction of sp³-hybridized carbons (Fsp3) is 0. The summed E-state index contributed by atoms with van der Waals surface area (Å²) in [5.74, 6) is 0. The minimum absolute atomic E-state index is 1.09. The van der Waals surface area contributed by atoms with Crippen molar-refractivity contribution in [3.8, 4) is 39.1 Å². The highest BCUT2D eigenvalue weighted by molar-refractivity contribution is 6.15. The second-order valence-corrected chi connectivity index (χ2v) is 16.1. The highest BCUT2D eigenvalue weighted by atomic mass is 15.1. The Kier molecular flexibility index (Phi) is 8.53. The molecule has 0 aliphatic carbocycles. The Balaban J connectivity index is 1.02. The fourth-order valence-electron chi connectivity index (χ4n) is 9.73. The van der Waals surface area contributed by atoms with E-state index in [1.165, 1.54) is 81.9 Å². The van der Waals surface area contributed by atoms with Crippen molar-refractivity contribution in [3.05, 3.63) is 243 Å². The number of hydrogen-bond acceptors (Lipinski definition) is 1. The first kappa shape index (κ1) is 35.7. The van der Waals surface area contributed by atoms with Crippen LogP contribution < -0.4 is 4.90 Å². The maximum atomic E-state index is 2.44. The first-order chi connectivity index (χ1) is 30.8. The number of nitrogens with zero attached hydrogens (tertiary/aromatic N) is 2.